The number of ether oxygens (including phenoxy) is 1. The van der Waals surface area contributed by atoms with Crippen LogP contribution in [-0.4, -0.2) is 25.0 Å². The third-order valence-corrected chi connectivity index (χ3v) is 5.33. The fourth-order valence-electron chi connectivity index (χ4n) is 3.59. The number of carbonyl (C=O) groups excluding carboxylic acids is 2. The van der Waals surface area contributed by atoms with E-state index in [2.05, 4.69) is 5.32 Å². The van der Waals surface area contributed by atoms with Crippen LogP contribution in [0.25, 0.3) is 11.1 Å². The largest absolute Gasteiger partial charge is 0.467 e. The van der Waals surface area contributed by atoms with Crippen molar-refractivity contribution in [2.24, 2.45) is 0 Å². The lowest BCUT2D eigenvalue weighted by Crippen LogP contribution is -2.43. The van der Waals surface area contributed by atoms with Crippen molar-refractivity contribution >= 4 is 11.9 Å². The van der Waals surface area contributed by atoms with E-state index in [0.29, 0.717) is 17.7 Å². The molecule has 0 aliphatic carbocycles. The summed E-state index contributed by atoms with van der Waals surface area (Å²) in [5.41, 5.74) is -0.996. The number of benzene rings is 3. The Morgan fingerprint density at radius 1 is 0.778 bits per heavy atom. The lowest BCUT2D eigenvalue weighted by molar-refractivity contribution is -0.145. The highest BCUT2D eigenvalue weighted by Gasteiger charge is 2.37. The van der Waals surface area contributed by atoms with E-state index in [9.17, 15) is 35.9 Å². The molecule has 190 valence electrons. The molecule has 1 atom stereocenters. The molecule has 1 N–H and O–H groups in total. The molecule has 0 aliphatic heterocycles. The van der Waals surface area contributed by atoms with Crippen LogP contribution in [0.2, 0.25) is 0 Å². The SMILES string of the molecule is COC(=O)[C@@H](Cc1ccc(-c2ccccc2)cc1)NC(=O)Cc1cc(C(F)(F)F)cc(C(F)(F)F)c1. The molecule has 0 bridgehead atoms. The van der Waals surface area contributed by atoms with Crippen LogP contribution in [0.15, 0.2) is 72.8 Å². The molecule has 3 aromatic rings. The minimum Gasteiger partial charge on any atom is -0.467 e. The Bertz CT molecular complexity index is 1170. The molecule has 36 heavy (non-hydrogen) atoms. The number of esters is 1. The molecule has 0 fully saturated rings. The van der Waals surface area contributed by atoms with Gasteiger partial charge in [0.2, 0.25) is 5.91 Å². The van der Waals surface area contributed by atoms with Crippen molar-refractivity contribution in [2.75, 3.05) is 7.11 Å². The lowest BCUT2D eigenvalue weighted by atomic mass is 10.00. The summed E-state index contributed by atoms with van der Waals surface area (Å²) in [5, 5.41) is 2.35. The number of rotatable bonds is 7. The van der Waals surface area contributed by atoms with E-state index in [1.807, 2.05) is 42.5 Å². The molecule has 0 spiro atoms. The lowest BCUT2D eigenvalue weighted by Gasteiger charge is -2.18. The maximum absolute atomic E-state index is 13.1. The average Bonchev–Trinajstić information content (AvgIpc) is 2.83. The molecule has 0 saturated carbocycles. The molecule has 0 radical (unpaired) electrons. The van der Waals surface area contributed by atoms with E-state index >= 15 is 0 Å². The zero-order valence-electron chi connectivity index (χ0n) is 18.9. The van der Waals surface area contributed by atoms with Gasteiger partial charge in [0.05, 0.1) is 24.7 Å². The first-order valence-electron chi connectivity index (χ1n) is 10.7. The molecule has 0 saturated heterocycles. The molecular formula is C26H21F6NO3. The van der Waals surface area contributed by atoms with Gasteiger partial charge in [-0.3, -0.25) is 4.79 Å². The van der Waals surface area contributed by atoms with E-state index in [4.69, 9.17) is 4.74 Å². The monoisotopic (exact) mass is 509 g/mol. The summed E-state index contributed by atoms with van der Waals surface area (Å²) in [7, 11) is 1.10. The number of halogens is 6. The quantitative estimate of drug-likeness (QED) is 0.322. The van der Waals surface area contributed by atoms with Crippen molar-refractivity contribution in [1.29, 1.82) is 0 Å². The van der Waals surface area contributed by atoms with Gasteiger partial charge >= 0.3 is 18.3 Å². The summed E-state index contributed by atoms with van der Waals surface area (Å²) < 4.78 is 83.2. The first kappa shape index (κ1) is 26.8. The Morgan fingerprint density at radius 2 is 1.31 bits per heavy atom. The molecular weight excluding hydrogens is 488 g/mol. The third-order valence-electron chi connectivity index (χ3n) is 5.33. The van der Waals surface area contributed by atoms with Gasteiger partial charge in [-0.1, -0.05) is 54.6 Å². The average molecular weight is 509 g/mol. The maximum Gasteiger partial charge on any atom is 0.416 e. The minimum absolute atomic E-state index is 0.00384. The van der Waals surface area contributed by atoms with E-state index < -0.39 is 53.4 Å². The zero-order chi connectivity index (χ0) is 26.5. The van der Waals surface area contributed by atoms with Crippen LogP contribution in [0.5, 0.6) is 0 Å². The number of hydrogen-bond acceptors (Lipinski definition) is 3. The predicted octanol–water partition coefficient (Wildman–Crippen LogP) is 5.83. The topological polar surface area (TPSA) is 55.4 Å². The van der Waals surface area contributed by atoms with Crippen molar-refractivity contribution in [3.63, 3.8) is 0 Å². The number of amides is 1. The second-order valence-corrected chi connectivity index (χ2v) is 8.00. The van der Waals surface area contributed by atoms with Gasteiger partial charge in [-0.25, -0.2) is 4.79 Å². The molecule has 10 heteroatoms. The number of methoxy groups -OCH3 is 1. The van der Waals surface area contributed by atoms with Crippen LogP contribution >= 0.6 is 0 Å². The van der Waals surface area contributed by atoms with Crippen LogP contribution in [0, 0.1) is 0 Å². The second-order valence-electron chi connectivity index (χ2n) is 8.00. The summed E-state index contributed by atoms with van der Waals surface area (Å²) in [6.07, 6.45) is -10.9. The first-order valence-corrected chi connectivity index (χ1v) is 10.7. The van der Waals surface area contributed by atoms with Gasteiger partial charge in [0.15, 0.2) is 0 Å². The van der Waals surface area contributed by atoms with Crippen molar-refractivity contribution in [3.05, 3.63) is 95.1 Å². The molecule has 0 heterocycles. The van der Waals surface area contributed by atoms with E-state index in [0.717, 1.165) is 18.2 Å². The number of carbonyl (C=O) groups is 2. The zero-order valence-corrected chi connectivity index (χ0v) is 18.9. The maximum atomic E-state index is 13.1. The van der Waals surface area contributed by atoms with Crippen LogP contribution in [0.1, 0.15) is 22.3 Å². The van der Waals surface area contributed by atoms with Crippen LogP contribution in [-0.2, 0) is 39.5 Å². The highest BCUT2D eigenvalue weighted by atomic mass is 19.4. The summed E-state index contributed by atoms with van der Waals surface area (Å²) in [4.78, 5) is 24.7. The first-order chi connectivity index (χ1) is 16.9. The summed E-state index contributed by atoms with van der Waals surface area (Å²) in [6, 6.07) is 16.4. The Morgan fingerprint density at radius 3 is 1.81 bits per heavy atom. The summed E-state index contributed by atoms with van der Waals surface area (Å²) in [6.45, 7) is 0. The van der Waals surface area contributed by atoms with Crippen molar-refractivity contribution in [3.8, 4) is 11.1 Å². The van der Waals surface area contributed by atoms with Gasteiger partial charge in [0.25, 0.3) is 0 Å². The highest BCUT2D eigenvalue weighted by molar-refractivity contribution is 5.86. The predicted molar refractivity (Wildman–Crippen MR) is 120 cm³/mol. The van der Waals surface area contributed by atoms with Gasteiger partial charge in [-0.15, -0.1) is 0 Å². The Balaban J connectivity index is 1.76. The molecule has 4 nitrogen and oxygen atoms in total. The Hall–Kier alpha value is -3.82. The van der Waals surface area contributed by atoms with Crippen molar-refractivity contribution in [1.82, 2.24) is 5.32 Å². The van der Waals surface area contributed by atoms with Crippen molar-refractivity contribution < 1.29 is 40.7 Å². The standard InChI is InChI=1S/C26H21F6NO3/c1-36-24(35)22(13-16-7-9-19(10-8-16)18-5-3-2-4-6-18)33-23(34)14-17-11-20(25(27,28)29)15-21(12-17)26(30,31)32/h2-12,15,22H,13-14H2,1H3,(H,33,34)/t22-/m1/s1. The number of nitrogens with one attached hydrogen (secondary N) is 1. The highest BCUT2D eigenvalue weighted by Crippen LogP contribution is 2.36. The normalized spacial score (nSPS) is 12.6. The molecule has 0 aliphatic rings. The molecule has 0 unspecified atom stereocenters. The number of hydrogen-bond donors (Lipinski definition) is 1. The van der Waals surface area contributed by atoms with Crippen molar-refractivity contribution in [2.45, 2.75) is 31.2 Å². The van der Waals surface area contributed by atoms with Crippen LogP contribution in [0.4, 0.5) is 26.3 Å². The van der Waals surface area contributed by atoms with Gasteiger partial charge in [0.1, 0.15) is 6.04 Å². The molecule has 3 rings (SSSR count). The molecule has 3 aromatic carbocycles. The smallest absolute Gasteiger partial charge is 0.416 e. The van der Waals surface area contributed by atoms with E-state index in [-0.39, 0.29) is 12.5 Å². The Kier molecular flexibility index (Phi) is 8.07. The summed E-state index contributed by atoms with van der Waals surface area (Å²) in [5.74, 6) is -1.74. The fraction of sp³-hybridized carbons (Fsp3) is 0.231. The van der Waals surface area contributed by atoms with Crippen LogP contribution in [0.3, 0.4) is 0 Å². The van der Waals surface area contributed by atoms with E-state index in [1.165, 1.54) is 0 Å². The second kappa shape index (κ2) is 10.8. The fourth-order valence-corrected chi connectivity index (χ4v) is 3.59. The van der Waals surface area contributed by atoms with Gasteiger partial charge in [-0.2, -0.15) is 26.3 Å². The van der Waals surface area contributed by atoms with Gasteiger partial charge in [-0.05, 0) is 40.5 Å². The Labute approximate surface area is 202 Å². The molecule has 1 amide bonds. The van der Waals surface area contributed by atoms with Gasteiger partial charge < -0.3 is 10.1 Å². The van der Waals surface area contributed by atoms with E-state index in [1.54, 1.807) is 12.1 Å². The molecule has 0 aromatic heterocycles. The van der Waals surface area contributed by atoms with Crippen LogP contribution < -0.4 is 5.32 Å². The minimum atomic E-state index is -5.03. The summed E-state index contributed by atoms with van der Waals surface area (Å²) >= 11 is 0. The van der Waals surface area contributed by atoms with Gasteiger partial charge in [0, 0.05) is 6.42 Å². The number of alkyl halides is 6. The third kappa shape index (κ3) is 7.10.